The second kappa shape index (κ2) is 7.04. The summed E-state index contributed by atoms with van der Waals surface area (Å²) in [5.74, 6) is -1.08. The minimum Gasteiger partial charge on any atom is -0.509 e. The summed E-state index contributed by atoms with van der Waals surface area (Å²) in [6, 6.07) is 14.8. The van der Waals surface area contributed by atoms with Gasteiger partial charge in [0.1, 0.15) is 11.3 Å². The van der Waals surface area contributed by atoms with Gasteiger partial charge < -0.3 is 15.3 Å². The number of rotatable bonds is 4. The number of aliphatic hydroxyl groups excluding tert-OH is 1. The Hall–Kier alpha value is -3.08. The average Bonchev–Trinajstić information content (AvgIpc) is 2.90. The number of aryl methyl sites for hydroxylation is 1. The van der Waals surface area contributed by atoms with Crippen LogP contribution in [0.5, 0.6) is 0 Å². The van der Waals surface area contributed by atoms with Crippen LogP contribution >= 0.6 is 0 Å². The lowest BCUT2D eigenvalue weighted by atomic mass is 10.0. The van der Waals surface area contributed by atoms with Gasteiger partial charge in [0.25, 0.3) is 11.8 Å². The predicted molar refractivity (Wildman–Crippen MR) is 102 cm³/mol. The fourth-order valence-corrected chi connectivity index (χ4v) is 3.02. The molecule has 1 aliphatic rings. The van der Waals surface area contributed by atoms with Crippen LogP contribution in [0.4, 0.5) is 11.4 Å². The van der Waals surface area contributed by atoms with Crippen LogP contribution < -0.4 is 10.2 Å². The van der Waals surface area contributed by atoms with Gasteiger partial charge in [-0.3, -0.25) is 9.59 Å². The number of aliphatic hydroxyl groups is 1. The molecule has 3 rings (SSSR count). The lowest BCUT2D eigenvalue weighted by Gasteiger charge is -2.17. The molecule has 1 heterocycles. The highest BCUT2D eigenvalue weighted by Crippen LogP contribution is 2.28. The van der Waals surface area contributed by atoms with Gasteiger partial charge in [0, 0.05) is 11.4 Å². The van der Waals surface area contributed by atoms with E-state index in [2.05, 4.69) is 5.32 Å². The summed E-state index contributed by atoms with van der Waals surface area (Å²) in [4.78, 5) is 26.8. The van der Waals surface area contributed by atoms with E-state index in [4.69, 9.17) is 0 Å². The molecular formula is C21H22N2O3. The molecule has 0 radical (unpaired) electrons. The maximum atomic E-state index is 12.7. The molecule has 0 unspecified atom stereocenters. The largest absolute Gasteiger partial charge is 0.509 e. The van der Waals surface area contributed by atoms with Crippen LogP contribution in [0.1, 0.15) is 30.9 Å². The molecule has 0 aliphatic carbocycles. The van der Waals surface area contributed by atoms with E-state index in [1.54, 1.807) is 18.2 Å². The quantitative estimate of drug-likeness (QED) is 0.821. The molecule has 2 amide bonds. The molecule has 5 heteroatoms. The predicted octanol–water partition coefficient (Wildman–Crippen LogP) is 3.92. The molecule has 0 spiro atoms. The Morgan fingerprint density at radius 3 is 2.42 bits per heavy atom. The molecular weight excluding hydrogens is 328 g/mol. The molecule has 2 N–H and O–H groups in total. The monoisotopic (exact) mass is 350 g/mol. The Morgan fingerprint density at radius 2 is 1.77 bits per heavy atom. The van der Waals surface area contributed by atoms with E-state index in [0.717, 1.165) is 11.1 Å². The molecule has 5 nitrogen and oxygen atoms in total. The van der Waals surface area contributed by atoms with Crippen LogP contribution in [0, 0.1) is 6.92 Å². The number of nitrogens with zero attached hydrogens (tertiary/aromatic N) is 1. The lowest BCUT2D eigenvalue weighted by Crippen LogP contribution is -2.30. The Kier molecular flexibility index (Phi) is 4.80. The molecule has 2 aromatic carbocycles. The first kappa shape index (κ1) is 17.7. The minimum absolute atomic E-state index is 0.00350. The zero-order valence-corrected chi connectivity index (χ0v) is 15.1. The number of benzene rings is 2. The Labute approximate surface area is 153 Å². The van der Waals surface area contributed by atoms with Crippen molar-refractivity contribution in [1.29, 1.82) is 0 Å². The molecule has 0 saturated heterocycles. The summed E-state index contributed by atoms with van der Waals surface area (Å²) in [5, 5.41) is 13.0. The zero-order valence-electron chi connectivity index (χ0n) is 15.1. The maximum absolute atomic E-state index is 12.7. The standard InChI is InChI=1S/C21H22N2O3/c1-13(2)16-6-4-5-7-17(16)22-20(25)19-18(24)12-23(21(19)26)15-10-8-14(3)9-11-15/h4-11,13,24H,12H2,1-3H3,(H,22,25). The highest BCUT2D eigenvalue weighted by molar-refractivity contribution is 6.29. The molecule has 0 bridgehead atoms. The molecule has 0 saturated carbocycles. The first-order valence-corrected chi connectivity index (χ1v) is 8.59. The van der Waals surface area contributed by atoms with Crippen molar-refractivity contribution in [3.05, 3.63) is 71.0 Å². The summed E-state index contributed by atoms with van der Waals surface area (Å²) in [7, 11) is 0. The molecule has 2 aromatic rings. The molecule has 134 valence electrons. The van der Waals surface area contributed by atoms with Crippen LogP contribution in [0.2, 0.25) is 0 Å². The SMILES string of the molecule is Cc1ccc(N2CC(O)=C(C(=O)Nc3ccccc3C(C)C)C2=O)cc1. The van der Waals surface area contributed by atoms with Gasteiger partial charge >= 0.3 is 0 Å². The van der Waals surface area contributed by atoms with E-state index < -0.39 is 11.8 Å². The van der Waals surface area contributed by atoms with Crippen molar-refractivity contribution < 1.29 is 14.7 Å². The highest BCUT2D eigenvalue weighted by atomic mass is 16.3. The van der Waals surface area contributed by atoms with E-state index in [1.807, 2.05) is 51.1 Å². The third-order valence-corrected chi connectivity index (χ3v) is 4.46. The second-order valence-electron chi connectivity index (χ2n) is 6.74. The minimum atomic E-state index is -0.588. The highest BCUT2D eigenvalue weighted by Gasteiger charge is 2.36. The van der Waals surface area contributed by atoms with Crippen molar-refractivity contribution in [3.63, 3.8) is 0 Å². The van der Waals surface area contributed by atoms with E-state index in [9.17, 15) is 14.7 Å². The van der Waals surface area contributed by atoms with Crippen molar-refractivity contribution >= 4 is 23.2 Å². The van der Waals surface area contributed by atoms with Gasteiger partial charge in [-0.05, 0) is 36.6 Å². The van der Waals surface area contributed by atoms with E-state index in [0.29, 0.717) is 11.4 Å². The van der Waals surface area contributed by atoms with Crippen LogP contribution in [0.3, 0.4) is 0 Å². The fourth-order valence-electron chi connectivity index (χ4n) is 3.02. The lowest BCUT2D eigenvalue weighted by molar-refractivity contribution is -0.119. The van der Waals surface area contributed by atoms with Crippen molar-refractivity contribution in [3.8, 4) is 0 Å². The molecule has 0 atom stereocenters. The topological polar surface area (TPSA) is 69.6 Å². The van der Waals surface area contributed by atoms with Crippen LogP contribution in [-0.2, 0) is 9.59 Å². The molecule has 0 aromatic heterocycles. The number of carbonyl (C=O) groups is 2. The number of hydrogen-bond acceptors (Lipinski definition) is 3. The molecule has 26 heavy (non-hydrogen) atoms. The van der Waals surface area contributed by atoms with Gasteiger partial charge in [-0.1, -0.05) is 49.7 Å². The smallest absolute Gasteiger partial charge is 0.267 e. The average molecular weight is 350 g/mol. The van der Waals surface area contributed by atoms with Crippen LogP contribution in [-0.4, -0.2) is 23.5 Å². The zero-order chi connectivity index (χ0) is 18.8. The third-order valence-electron chi connectivity index (χ3n) is 4.46. The normalized spacial score (nSPS) is 14.3. The Morgan fingerprint density at radius 1 is 1.12 bits per heavy atom. The van der Waals surface area contributed by atoms with Crippen molar-refractivity contribution in [2.45, 2.75) is 26.7 Å². The van der Waals surface area contributed by atoms with Crippen molar-refractivity contribution in [1.82, 2.24) is 0 Å². The Balaban J connectivity index is 1.83. The van der Waals surface area contributed by atoms with Crippen LogP contribution in [0.25, 0.3) is 0 Å². The number of carbonyl (C=O) groups excluding carboxylic acids is 2. The van der Waals surface area contributed by atoms with Gasteiger partial charge in [0.05, 0.1) is 6.54 Å². The maximum Gasteiger partial charge on any atom is 0.267 e. The molecule has 0 fully saturated rings. The summed E-state index contributed by atoms with van der Waals surface area (Å²) in [5.41, 5.74) is 3.14. The Bertz CT molecular complexity index is 882. The summed E-state index contributed by atoms with van der Waals surface area (Å²) in [6.07, 6.45) is 0. The van der Waals surface area contributed by atoms with Gasteiger partial charge in [-0.25, -0.2) is 0 Å². The van der Waals surface area contributed by atoms with Crippen LogP contribution in [0.15, 0.2) is 59.9 Å². The summed E-state index contributed by atoms with van der Waals surface area (Å²) in [6.45, 7) is 6.01. The van der Waals surface area contributed by atoms with E-state index >= 15 is 0 Å². The number of para-hydroxylation sites is 1. The number of amides is 2. The van der Waals surface area contributed by atoms with Gasteiger partial charge in [0.2, 0.25) is 0 Å². The van der Waals surface area contributed by atoms with E-state index in [-0.39, 0.29) is 23.8 Å². The number of nitrogens with one attached hydrogen (secondary N) is 1. The van der Waals surface area contributed by atoms with Gasteiger partial charge in [-0.2, -0.15) is 0 Å². The van der Waals surface area contributed by atoms with Gasteiger partial charge in [-0.15, -0.1) is 0 Å². The summed E-state index contributed by atoms with van der Waals surface area (Å²) >= 11 is 0. The molecule has 1 aliphatic heterocycles. The number of hydrogen-bond donors (Lipinski definition) is 2. The third kappa shape index (κ3) is 3.33. The van der Waals surface area contributed by atoms with E-state index in [1.165, 1.54) is 4.90 Å². The first-order valence-electron chi connectivity index (χ1n) is 8.59. The van der Waals surface area contributed by atoms with Crippen molar-refractivity contribution in [2.24, 2.45) is 0 Å². The second-order valence-corrected chi connectivity index (χ2v) is 6.74. The summed E-state index contributed by atoms with van der Waals surface area (Å²) < 4.78 is 0. The first-order chi connectivity index (χ1) is 12.4. The number of anilines is 2. The van der Waals surface area contributed by atoms with Gasteiger partial charge in [0.15, 0.2) is 0 Å². The van der Waals surface area contributed by atoms with Crippen molar-refractivity contribution in [2.75, 3.05) is 16.8 Å². The fraction of sp³-hybridized carbons (Fsp3) is 0.238.